The van der Waals surface area contributed by atoms with Crippen LogP contribution in [0.5, 0.6) is 0 Å². The summed E-state index contributed by atoms with van der Waals surface area (Å²) in [4.78, 5) is 11.5. The number of carboxylic acid groups (broad SMARTS) is 1. The number of benzene rings is 1. The number of aliphatic hydroxyl groups excluding tert-OH is 1. The van der Waals surface area contributed by atoms with E-state index < -0.39 is 22.9 Å². The highest BCUT2D eigenvalue weighted by molar-refractivity contribution is 5.73. The third kappa shape index (κ3) is 2.35. The van der Waals surface area contributed by atoms with Crippen LogP contribution in [0.25, 0.3) is 0 Å². The van der Waals surface area contributed by atoms with Gasteiger partial charge in [0.2, 0.25) is 0 Å². The SMILES string of the molecule is CC1(C)[C@H]([C@H](O)Cc2ccccc2)CC[C@]1(C)C(=O)[O-]. The first kappa shape index (κ1) is 15.0. The number of rotatable bonds is 4. The molecule has 0 aromatic heterocycles. The minimum atomic E-state index is -1.00. The Balaban J connectivity index is 2.16. The quantitative estimate of drug-likeness (QED) is 0.911. The van der Waals surface area contributed by atoms with Gasteiger partial charge in [0, 0.05) is 11.4 Å². The zero-order valence-corrected chi connectivity index (χ0v) is 12.4. The Bertz CT molecular complexity index is 480. The average Bonchev–Trinajstić information content (AvgIpc) is 2.63. The minimum Gasteiger partial charge on any atom is -0.550 e. The Morgan fingerprint density at radius 1 is 1.35 bits per heavy atom. The fourth-order valence-electron chi connectivity index (χ4n) is 3.57. The second-order valence-corrected chi connectivity index (χ2v) is 6.74. The molecule has 1 saturated carbocycles. The van der Waals surface area contributed by atoms with E-state index in [1.165, 1.54) is 0 Å². The van der Waals surface area contributed by atoms with Crippen molar-refractivity contribution < 1.29 is 15.0 Å². The number of hydrogen-bond acceptors (Lipinski definition) is 3. The summed E-state index contributed by atoms with van der Waals surface area (Å²) in [5, 5.41) is 22.0. The highest BCUT2D eigenvalue weighted by Gasteiger charge is 2.54. The molecule has 1 aliphatic rings. The van der Waals surface area contributed by atoms with Crippen LogP contribution >= 0.6 is 0 Å². The first-order valence-electron chi connectivity index (χ1n) is 7.22. The molecule has 3 nitrogen and oxygen atoms in total. The Morgan fingerprint density at radius 2 is 1.95 bits per heavy atom. The Kier molecular flexibility index (Phi) is 3.92. The number of carbonyl (C=O) groups excluding carboxylic acids is 1. The summed E-state index contributed by atoms with van der Waals surface area (Å²) in [5.41, 5.74) is -0.257. The molecule has 3 heteroatoms. The standard InChI is InChI=1S/C17H24O3/c1-16(2)13(9-10-17(16,3)15(19)20)14(18)11-12-7-5-4-6-8-12/h4-8,13-14,18H,9-11H2,1-3H3,(H,19,20)/p-1/t13-,14+,17+/m0/s1. The van der Waals surface area contributed by atoms with Gasteiger partial charge in [0.05, 0.1) is 6.10 Å². The van der Waals surface area contributed by atoms with Crippen LogP contribution in [0.1, 0.15) is 39.2 Å². The fraction of sp³-hybridized carbons (Fsp3) is 0.588. The summed E-state index contributed by atoms with van der Waals surface area (Å²) in [6, 6.07) is 9.83. The fourth-order valence-corrected chi connectivity index (χ4v) is 3.57. The van der Waals surface area contributed by atoms with Gasteiger partial charge in [0.15, 0.2) is 0 Å². The normalized spacial score (nSPS) is 30.1. The van der Waals surface area contributed by atoms with Crippen LogP contribution < -0.4 is 5.11 Å². The molecule has 0 unspecified atom stereocenters. The van der Waals surface area contributed by atoms with Gasteiger partial charge in [-0.15, -0.1) is 0 Å². The summed E-state index contributed by atoms with van der Waals surface area (Å²) < 4.78 is 0. The molecule has 1 aromatic rings. The maximum atomic E-state index is 11.5. The lowest BCUT2D eigenvalue weighted by atomic mass is 9.64. The number of carboxylic acids is 1. The number of hydrogen-bond donors (Lipinski definition) is 1. The van der Waals surface area contributed by atoms with Crippen LogP contribution in [0.4, 0.5) is 0 Å². The van der Waals surface area contributed by atoms with Gasteiger partial charge in [-0.3, -0.25) is 0 Å². The third-order valence-electron chi connectivity index (χ3n) is 5.51. The smallest absolute Gasteiger partial charge is 0.0614 e. The molecule has 1 fully saturated rings. The lowest BCUT2D eigenvalue weighted by Crippen LogP contribution is -2.49. The van der Waals surface area contributed by atoms with Crippen LogP contribution in [0.15, 0.2) is 30.3 Å². The van der Waals surface area contributed by atoms with Gasteiger partial charge in [-0.25, -0.2) is 0 Å². The molecule has 1 N–H and O–H groups in total. The van der Waals surface area contributed by atoms with Gasteiger partial charge < -0.3 is 15.0 Å². The topological polar surface area (TPSA) is 60.4 Å². The second-order valence-electron chi connectivity index (χ2n) is 6.74. The number of carbonyl (C=O) groups is 1. The lowest BCUT2D eigenvalue weighted by molar-refractivity contribution is -0.323. The van der Waals surface area contributed by atoms with Crippen molar-refractivity contribution in [2.75, 3.05) is 0 Å². The maximum absolute atomic E-state index is 11.5. The van der Waals surface area contributed by atoms with E-state index >= 15 is 0 Å². The van der Waals surface area contributed by atoms with Crippen molar-refractivity contribution in [1.29, 1.82) is 0 Å². The summed E-state index contributed by atoms with van der Waals surface area (Å²) >= 11 is 0. The Labute approximate surface area is 120 Å². The summed E-state index contributed by atoms with van der Waals surface area (Å²) in [7, 11) is 0. The van der Waals surface area contributed by atoms with Crippen molar-refractivity contribution >= 4 is 5.97 Å². The largest absolute Gasteiger partial charge is 0.550 e. The van der Waals surface area contributed by atoms with Crippen LogP contribution in [0, 0.1) is 16.7 Å². The predicted molar refractivity (Wildman–Crippen MR) is 75.8 cm³/mol. The molecular formula is C17H23O3-. The minimum absolute atomic E-state index is 0.0226. The van der Waals surface area contributed by atoms with E-state index in [0.29, 0.717) is 12.8 Å². The molecule has 20 heavy (non-hydrogen) atoms. The predicted octanol–water partition coefficient (Wildman–Crippen LogP) is 1.78. The molecule has 110 valence electrons. The monoisotopic (exact) mass is 275 g/mol. The molecular weight excluding hydrogens is 252 g/mol. The van der Waals surface area contributed by atoms with E-state index in [4.69, 9.17) is 0 Å². The molecule has 0 radical (unpaired) electrons. The zero-order chi connectivity index (χ0) is 15.0. The number of aliphatic hydroxyl groups is 1. The molecule has 0 spiro atoms. The van der Waals surface area contributed by atoms with Crippen molar-refractivity contribution in [3.8, 4) is 0 Å². The molecule has 0 heterocycles. The molecule has 0 aliphatic heterocycles. The molecule has 0 saturated heterocycles. The van der Waals surface area contributed by atoms with Gasteiger partial charge in [-0.05, 0) is 36.2 Å². The van der Waals surface area contributed by atoms with Crippen molar-refractivity contribution in [3.05, 3.63) is 35.9 Å². The molecule has 3 atom stereocenters. The van der Waals surface area contributed by atoms with Crippen molar-refractivity contribution in [3.63, 3.8) is 0 Å². The zero-order valence-electron chi connectivity index (χ0n) is 12.4. The van der Waals surface area contributed by atoms with E-state index in [1.54, 1.807) is 6.92 Å². The highest BCUT2D eigenvalue weighted by Crippen LogP contribution is 2.56. The van der Waals surface area contributed by atoms with Crippen LogP contribution in [-0.2, 0) is 11.2 Å². The van der Waals surface area contributed by atoms with E-state index in [2.05, 4.69) is 0 Å². The van der Waals surface area contributed by atoms with Crippen LogP contribution in [0.3, 0.4) is 0 Å². The Morgan fingerprint density at radius 3 is 2.45 bits per heavy atom. The van der Waals surface area contributed by atoms with Crippen molar-refractivity contribution in [1.82, 2.24) is 0 Å². The van der Waals surface area contributed by atoms with Crippen molar-refractivity contribution in [2.24, 2.45) is 16.7 Å². The maximum Gasteiger partial charge on any atom is 0.0614 e. The van der Waals surface area contributed by atoms with Gasteiger partial charge in [0.25, 0.3) is 0 Å². The van der Waals surface area contributed by atoms with E-state index in [9.17, 15) is 15.0 Å². The second kappa shape index (κ2) is 5.21. The van der Waals surface area contributed by atoms with Crippen molar-refractivity contribution in [2.45, 2.75) is 46.1 Å². The highest BCUT2D eigenvalue weighted by atomic mass is 16.4. The summed E-state index contributed by atoms with van der Waals surface area (Å²) in [6.07, 6.45) is 1.34. The summed E-state index contributed by atoms with van der Waals surface area (Å²) in [5.74, 6) is -1.03. The van der Waals surface area contributed by atoms with E-state index in [0.717, 1.165) is 12.0 Å². The van der Waals surface area contributed by atoms with E-state index in [-0.39, 0.29) is 5.92 Å². The number of aliphatic carboxylic acids is 1. The van der Waals surface area contributed by atoms with Gasteiger partial charge >= 0.3 is 0 Å². The molecule has 1 aromatic carbocycles. The lowest BCUT2D eigenvalue weighted by Gasteiger charge is -2.43. The van der Waals surface area contributed by atoms with Gasteiger partial charge in [0.1, 0.15) is 0 Å². The average molecular weight is 275 g/mol. The Hall–Kier alpha value is -1.35. The third-order valence-corrected chi connectivity index (χ3v) is 5.51. The van der Waals surface area contributed by atoms with Crippen LogP contribution in [-0.4, -0.2) is 17.2 Å². The molecule has 2 rings (SSSR count). The van der Waals surface area contributed by atoms with Gasteiger partial charge in [-0.2, -0.15) is 0 Å². The van der Waals surface area contributed by atoms with E-state index in [1.807, 2.05) is 44.2 Å². The summed E-state index contributed by atoms with van der Waals surface area (Å²) in [6.45, 7) is 5.63. The molecule has 1 aliphatic carbocycles. The van der Waals surface area contributed by atoms with Gasteiger partial charge in [-0.1, -0.05) is 51.1 Å². The first-order valence-corrected chi connectivity index (χ1v) is 7.22. The first-order chi connectivity index (χ1) is 9.29. The molecule has 0 bridgehead atoms. The van der Waals surface area contributed by atoms with Crippen LogP contribution in [0.2, 0.25) is 0 Å². The molecule has 0 amide bonds.